The minimum absolute atomic E-state index is 0.296. The van der Waals surface area contributed by atoms with Crippen LogP contribution in [-0.4, -0.2) is 27.7 Å². The average molecular weight is 287 g/mol. The molecule has 1 fully saturated rings. The van der Waals surface area contributed by atoms with Crippen molar-refractivity contribution >= 4 is 34.0 Å². The largest absolute Gasteiger partial charge is 0.382 e. The lowest BCUT2D eigenvalue weighted by molar-refractivity contribution is 0.100. The molecular formula is C12H15ClN2O2S. The zero-order chi connectivity index (χ0) is 13.1. The third-order valence-corrected chi connectivity index (χ3v) is 4.70. The molecule has 0 atom stereocenters. The number of rotatable bonds is 3. The van der Waals surface area contributed by atoms with Gasteiger partial charge in [-0.25, -0.2) is 0 Å². The first-order valence-corrected chi connectivity index (χ1v) is 7.64. The average Bonchev–Trinajstić information content (AvgIpc) is 2.34. The fourth-order valence-electron chi connectivity index (χ4n) is 1.98. The van der Waals surface area contributed by atoms with Crippen molar-refractivity contribution in [3.8, 4) is 0 Å². The van der Waals surface area contributed by atoms with Gasteiger partial charge in [0.05, 0.1) is 10.6 Å². The maximum absolute atomic E-state index is 11.3. The van der Waals surface area contributed by atoms with Gasteiger partial charge in [0.1, 0.15) is 0 Å². The van der Waals surface area contributed by atoms with Crippen LogP contribution in [0.2, 0.25) is 5.02 Å². The van der Waals surface area contributed by atoms with Gasteiger partial charge in [-0.2, -0.15) is 0 Å². The predicted octanol–water partition coefficient (Wildman–Crippen LogP) is 1.76. The molecule has 1 aliphatic rings. The number of hydrogen-bond donors (Lipinski definition) is 2. The van der Waals surface area contributed by atoms with E-state index in [9.17, 15) is 9.00 Å². The number of nitrogens with one attached hydrogen (secondary N) is 1. The van der Waals surface area contributed by atoms with Crippen LogP contribution < -0.4 is 11.1 Å². The molecule has 0 aromatic heterocycles. The van der Waals surface area contributed by atoms with Crippen molar-refractivity contribution in [3.63, 3.8) is 0 Å². The Hall–Kier alpha value is -1.07. The highest BCUT2D eigenvalue weighted by molar-refractivity contribution is 7.85. The summed E-state index contributed by atoms with van der Waals surface area (Å²) >= 11 is 5.88. The molecule has 0 saturated carbocycles. The van der Waals surface area contributed by atoms with Crippen molar-refractivity contribution < 1.29 is 9.00 Å². The molecular weight excluding hydrogens is 272 g/mol. The summed E-state index contributed by atoms with van der Waals surface area (Å²) in [4.78, 5) is 11.2. The molecule has 1 aliphatic heterocycles. The Morgan fingerprint density at radius 2 is 2.06 bits per heavy atom. The lowest BCUT2D eigenvalue weighted by Gasteiger charge is -2.23. The van der Waals surface area contributed by atoms with E-state index in [0.717, 1.165) is 30.0 Å². The number of carbonyl (C=O) groups excluding carboxylic acids is 1. The second kappa shape index (κ2) is 5.71. The van der Waals surface area contributed by atoms with Gasteiger partial charge in [0.15, 0.2) is 0 Å². The van der Waals surface area contributed by atoms with Gasteiger partial charge in [0, 0.05) is 34.0 Å². The van der Waals surface area contributed by atoms with Crippen LogP contribution in [0.1, 0.15) is 23.2 Å². The third-order valence-electron chi connectivity index (χ3n) is 2.99. The molecule has 0 bridgehead atoms. The van der Waals surface area contributed by atoms with Crippen molar-refractivity contribution in [2.75, 3.05) is 16.8 Å². The Morgan fingerprint density at radius 3 is 2.67 bits per heavy atom. The molecule has 0 radical (unpaired) electrons. The summed E-state index contributed by atoms with van der Waals surface area (Å²) in [6, 6.07) is 5.44. The Balaban J connectivity index is 2.07. The normalized spacial score (nSPS) is 23.6. The quantitative estimate of drug-likeness (QED) is 0.889. The van der Waals surface area contributed by atoms with Crippen LogP contribution in [0.4, 0.5) is 5.69 Å². The Morgan fingerprint density at radius 1 is 1.39 bits per heavy atom. The van der Waals surface area contributed by atoms with Crippen LogP contribution in [0, 0.1) is 0 Å². The van der Waals surface area contributed by atoms with E-state index in [1.807, 2.05) is 6.07 Å². The first kappa shape index (κ1) is 13.4. The molecule has 6 heteroatoms. The van der Waals surface area contributed by atoms with Crippen LogP contribution in [-0.2, 0) is 10.8 Å². The van der Waals surface area contributed by atoms with Gasteiger partial charge in [-0.15, -0.1) is 0 Å². The van der Waals surface area contributed by atoms with Crippen molar-refractivity contribution in [2.45, 2.75) is 18.9 Å². The zero-order valence-electron chi connectivity index (χ0n) is 9.82. The Bertz CT molecular complexity index is 483. The maximum Gasteiger partial charge on any atom is 0.250 e. The minimum atomic E-state index is -0.670. The molecule has 1 heterocycles. The number of benzene rings is 1. The number of hydrogen-bond acceptors (Lipinski definition) is 3. The van der Waals surface area contributed by atoms with E-state index in [4.69, 9.17) is 17.3 Å². The number of carbonyl (C=O) groups is 1. The molecule has 0 spiro atoms. The summed E-state index contributed by atoms with van der Waals surface area (Å²) in [6.07, 6.45) is 1.75. The van der Waals surface area contributed by atoms with E-state index in [-0.39, 0.29) is 0 Å². The zero-order valence-corrected chi connectivity index (χ0v) is 11.4. The van der Waals surface area contributed by atoms with E-state index >= 15 is 0 Å². The van der Waals surface area contributed by atoms with Crippen molar-refractivity contribution in [3.05, 3.63) is 28.8 Å². The van der Waals surface area contributed by atoms with Crippen molar-refractivity contribution in [2.24, 2.45) is 5.73 Å². The standard InChI is InChI=1S/C12H15ClN2O2S/c13-11-2-1-9(7-10(11)12(14)16)15-8-3-5-18(17)6-4-8/h1-2,7-8,15H,3-6H2,(H2,14,16). The van der Waals surface area contributed by atoms with Crippen LogP contribution in [0.5, 0.6) is 0 Å². The lowest BCUT2D eigenvalue weighted by Crippen LogP contribution is -2.29. The van der Waals surface area contributed by atoms with Gasteiger partial charge in [-0.05, 0) is 31.0 Å². The number of nitrogens with two attached hydrogens (primary N) is 1. The summed E-state index contributed by atoms with van der Waals surface area (Å²) < 4.78 is 11.3. The van der Waals surface area contributed by atoms with E-state index in [0.29, 0.717) is 16.6 Å². The highest BCUT2D eigenvalue weighted by atomic mass is 35.5. The second-order valence-corrected chi connectivity index (χ2v) is 6.43. The molecule has 18 heavy (non-hydrogen) atoms. The van der Waals surface area contributed by atoms with Gasteiger partial charge in [-0.1, -0.05) is 11.6 Å². The third kappa shape index (κ3) is 3.23. The summed E-state index contributed by atoms with van der Waals surface area (Å²) in [7, 11) is -0.670. The predicted molar refractivity (Wildman–Crippen MR) is 74.5 cm³/mol. The molecule has 4 nitrogen and oxygen atoms in total. The van der Waals surface area contributed by atoms with Crippen LogP contribution in [0.3, 0.4) is 0 Å². The van der Waals surface area contributed by atoms with E-state index < -0.39 is 16.7 Å². The smallest absolute Gasteiger partial charge is 0.250 e. The van der Waals surface area contributed by atoms with Crippen LogP contribution in [0.15, 0.2) is 18.2 Å². The fraction of sp³-hybridized carbons (Fsp3) is 0.417. The first-order chi connectivity index (χ1) is 8.56. The van der Waals surface area contributed by atoms with Gasteiger partial charge >= 0.3 is 0 Å². The first-order valence-electron chi connectivity index (χ1n) is 5.77. The molecule has 0 unspecified atom stereocenters. The molecule has 1 aromatic carbocycles. The highest BCUT2D eigenvalue weighted by Gasteiger charge is 2.18. The molecule has 98 valence electrons. The molecule has 2 rings (SSSR count). The Kier molecular flexibility index (Phi) is 4.24. The lowest BCUT2D eigenvalue weighted by atomic mass is 10.1. The van der Waals surface area contributed by atoms with Gasteiger partial charge in [0.2, 0.25) is 5.91 Å². The molecule has 1 aromatic rings. The number of halogens is 1. The molecule has 3 N–H and O–H groups in total. The van der Waals surface area contributed by atoms with Crippen LogP contribution in [0.25, 0.3) is 0 Å². The van der Waals surface area contributed by atoms with E-state index in [1.54, 1.807) is 12.1 Å². The van der Waals surface area contributed by atoms with E-state index in [2.05, 4.69) is 5.32 Å². The fourth-order valence-corrected chi connectivity index (χ4v) is 3.49. The monoisotopic (exact) mass is 286 g/mol. The van der Waals surface area contributed by atoms with Gasteiger partial charge in [-0.3, -0.25) is 9.00 Å². The highest BCUT2D eigenvalue weighted by Crippen LogP contribution is 2.22. The van der Waals surface area contributed by atoms with Gasteiger partial charge in [0.25, 0.3) is 0 Å². The maximum atomic E-state index is 11.3. The number of anilines is 1. The molecule has 0 aliphatic carbocycles. The van der Waals surface area contributed by atoms with Crippen molar-refractivity contribution in [1.29, 1.82) is 0 Å². The van der Waals surface area contributed by atoms with Gasteiger partial charge < -0.3 is 11.1 Å². The summed E-state index contributed by atoms with van der Waals surface area (Å²) in [5.74, 6) is 0.926. The minimum Gasteiger partial charge on any atom is -0.382 e. The topological polar surface area (TPSA) is 72.2 Å². The SMILES string of the molecule is NC(=O)c1cc(NC2CCS(=O)CC2)ccc1Cl. The second-order valence-electron chi connectivity index (χ2n) is 4.33. The summed E-state index contributed by atoms with van der Waals surface area (Å²) in [5, 5.41) is 3.68. The summed E-state index contributed by atoms with van der Waals surface area (Å²) in [5.41, 5.74) is 6.39. The Labute approximate surface area is 113 Å². The van der Waals surface area contributed by atoms with Crippen molar-refractivity contribution in [1.82, 2.24) is 0 Å². The number of primary amides is 1. The molecule has 1 amide bonds. The van der Waals surface area contributed by atoms with E-state index in [1.165, 1.54) is 0 Å². The molecule has 1 saturated heterocycles. The van der Waals surface area contributed by atoms with Crippen LogP contribution >= 0.6 is 11.6 Å². The summed E-state index contributed by atoms with van der Waals surface area (Å²) in [6.45, 7) is 0. The number of amides is 1.